The molecule has 172 valence electrons. The molecule has 2 aromatic rings. The number of hydrogen-bond acceptors (Lipinski definition) is 8. The summed E-state index contributed by atoms with van der Waals surface area (Å²) in [5.41, 5.74) is 1.13. The van der Waals surface area contributed by atoms with Crippen molar-refractivity contribution in [3.63, 3.8) is 0 Å². The van der Waals surface area contributed by atoms with Gasteiger partial charge in [-0.15, -0.1) is 0 Å². The number of benzene rings is 2. The first-order valence-corrected chi connectivity index (χ1v) is 11.2. The van der Waals surface area contributed by atoms with E-state index in [1.54, 1.807) is 37.3 Å². The van der Waals surface area contributed by atoms with Crippen LogP contribution in [0.25, 0.3) is 6.08 Å². The van der Waals surface area contributed by atoms with Crippen molar-refractivity contribution in [3.05, 3.63) is 74.3 Å². The first-order chi connectivity index (χ1) is 15.8. The number of ether oxygens (including phenoxy) is 3. The highest BCUT2D eigenvalue weighted by atomic mass is 35.5. The molecule has 1 N–H and O–H groups in total. The summed E-state index contributed by atoms with van der Waals surface area (Å²) in [6, 6.07) is 12.1. The SMILES string of the molecule is CCOC(=O)C1=C(O)/C(=C/c2cc(Cl)c(OCC(=O)OC)c(Cl)c2)SC1=Nc1ccccc1. The molecule has 3 rings (SSSR count). The van der Waals surface area contributed by atoms with Crippen molar-refractivity contribution in [2.75, 3.05) is 20.3 Å². The Morgan fingerprint density at radius 3 is 2.42 bits per heavy atom. The number of hydrogen-bond donors (Lipinski definition) is 1. The average molecular weight is 508 g/mol. The standard InChI is InChI=1S/C23H19Cl2NO6S/c1-3-31-23(29)19-20(28)17(33-22(19)26-14-7-5-4-6-8-14)11-13-9-15(24)21(16(25)10-13)32-12-18(27)30-2/h4-11,28H,3,12H2,1-2H3/b17-11-,26-22?. The number of aliphatic imine (C=N–C) groups is 1. The highest BCUT2D eigenvalue weighted by Crippen LogP contribution is 2.41. The number of para-hydroxylation sites is 1. The average Bonchev–Trinajstić information content (AvgIpc) is 3.08. The van der Waals surface area contributed by atoms with Crippen LogP contribution in [0.5, 0.6) is 5.75 Å². The number of methoxy groups -OCH3 is 1. The third-order valence-electron chi connectivity index (χ3n) is 4.24. The second-order valence-electron chi connectivity index (χ2n) is 6.49. The predicted molar refractivity (Wildman–Crippen MR) is 129 cm³/mol. The molecule has 33 heavy (non-hydrogen) atoms. The quantitative estimate of drug-likeness (QED) is 0.477. The Labute approximate surface area is 204 Å². The van der Waals surface area contributed by atoms with Crippen LogP contribution in [-0.2, 0) is 19.1 Å². The molecule has 10 heteroatoms. The van der Waals surface area contributed by atoms with Crippen LogP contribution in [0.15, 0.2) is 63.7 Å². The molecule has 0 saturated carbocycles. The fourth-order valence-corrected chi connectivity index (χ4v) is 4.40. The van der Waals surface area contributed by atoms with Gasteiger partial charge in [0.25, 0.3) is 0 Å². The molecule has 7 nitrogen and oxygen atoms in total. The lowest BCUT2D eigenvalue weighted by Gasteiger charge is -2.10. The summed E-state index contributed by atoms with van der Waals surface area (Å²) < 4.78 is 15.0. The van der Waals surface area contributed by atoms with Gasteiger partial charge in [0.1, 0.15) is 16.4 Å². The molecule has 0 bridgehead atoms. The molecular formula is C23H19Cl2NO6S. The van der Waals surface area contributed by atoms with Gasteiger partial charge in [-0.1, -0.05) is 53.2 Å². The number of aliphatic hydroxyl groups is 1. The number of thioether (sulfide) groups is 1. The Hall–Kier alpha value is -2.94. The highest BCUT2D eigenvalue weighted by molar-refractivity contribution is 8.18. The molecule has 0 atom stereocenters. The van der Waals surface area contributed by atoms with E-state index in [0.29, 0.717) is 21.2 Å². The van der Waals surface area contributed by atoms with E-state index in [4.69, 9.17) is 32.7 Å². The summed E-state index contributed by atoms with van der Waals surface area (Å²) in [6.07, 6.45) is 1.61. The van der Waals surface area contributed by atoms with Gasteiger partial charge in [0.15, 0.2) is 12.4 Å². The number of esters is 2. The third-order valence-corrected chi connectivity index (χ3v) is 5.82. The molecule has 0 amide bonds. The van der Waals surface area contributed by atoms with E-state index in [1.165, 1.54) is 7.11 Å². The molecule has 0 unspecified atom stereocenters. The lowest BCUT2D eigenvalue weighted by molar-refractivity contribution is -0.143. The third kappa shape index (κ3) is 6.10. The first kappa shape index (κ1) is 24.7. The minimum absolute atomic E-state index is 0.0211. The minimum atomic E-state index is -0.678. The summed E-state index contributed by atoms with van der Waals surface area (Å²) in [5.74, 6) is -1.39. The first-order valence-electron chi connectivity index (χ1n) is 9.67. The summed E-state index contributed by atoms with van der Waals surface area (Å²) in [5, 5.41) is 11.4. The van der Waals surface area contributed by atoms with Gasteiger partial charge < -0.3 is 19.3 Å². The maximum atomic E-state index is 12.5. The fourth-order valence-electron chi connectivity index (χ4n) is 2.75. The van der Waals surface area contributed by atoms with Crippen molar-refractivity contribution in [3.8, 4) is 5.75 Å². The van der Waals surface area contributed by atoms with Gasteiger partial charge in [0.05, 0.1) is 34.4 Å². The molecule has 2 aromatic carbocycles. The van der Waals surface area contributed by atoms with Gasteiger partial charge in [-0.25, -0.2) is 14.6 Å². The van der Waals surface area contributed by atoms with Crippen molar-refractivity contribution in [1.29, 1.82) is 0 Å². The lowest BCUT2D eigenvalue weighted by atomic mass is 10.1. The lowest BCUT2D eigenvalue weighted by Crippen LogP contribution is -2.13. The van der Waals surface area contributed by atoms with Crippen molar-refractivity contribution in [2.24, 2.45) is 4.99 Å². The summed E-state index contributed by atoms with van der Waals surface area (Å²) in [4.78, 5) is 28.7. The number of rotatable bonds is 7. The monoisotopic (exact) mass is 507 g/mol. The van der Waals surface area contributed by atoms with Gasteiger partial charge in [-0.3, -0.25) is 0 Å². The Morgan fingerprint density at radius 2 is 1.82 bits per heavy atom. The van der Waals surface area contributed by atoms with Gasteiger partial charge in [0.2, 0.25) is 0 Å². The van der Waals surface area contributed by atoms with Crippen molar-refractivity contribution in [1.82, 2.24) is 0 Å². The molecule has 0 spiro atoms. The molecule has 0 aromatic heterocycles. The van der Waals surface area contributed by atoms with Crippen LogP contribution in [0.3, 0.4) is 0 Å². The molecule has 0 fully saturated rings. The topological polar surface area (TPSA) is 94.4 Å². The second-order valence-corrected chi connectivity index (χ2v) is 8.33. The Morgan fingerprint density at radius 1 is 1.15 bits per heavy atom. The van der Waals surface area contributed by atoms with Crippen LogP contribution in [0.1, 0.15) is 12.5 Å². The van der Waals surface area contributed by atoms with E-state index in [-0.39, 0.29) is 40.3 Å². The van der Waals surface area contributed by atoms with Crippen LogP contribution in [-0.4, -0.2) is 42.4 Å². The number of aliphatic hydroxyl groups excluding tert-OH is 1. The van der Waals surface area contributed by atoms with Crippen LogP contribution in [0.2, 0.25) is 10.0 Å². The number of carbonyl (C=O) groups is 2. The zero-order valence-corrected chi connectivity index (χ0v) is 20.0. The Bertz CT molecular complexity index is 1140. The van der Waals surface area contributed by atoms with Gasteiger partial charge in [0, 0.05) is 0 Å². The Kier molecular flexibility index (Phi) is 8.43. The smallest absolute Gasteiger partial charge is 0.344 e. The van der Waals surface area contributed by atoms with Crippen LogP contribution >= 0.6 is 35.0 Å². The molecule has 0 saturated heterocycles. The number of nitrogens with zero attached hydrogens (tertiary/aromatic N) is 1. The summed E-state index contributed by atoms with van der Waals surface area (Å²) in [6.45, 7) is 1.48. The molecule has 1 aliphatic heterocycles. The maximum Gasteiger partial charge on any atom is 0.344 e. The van der Waals surface area contributed by atoms with E-state index in [0.717, 1.165) is 11.8 Å². The van der Waals surface area contributed by atoms with Crippen molar-refractivity contribution < 1.29 is 28.9 Å². The Balaban J connectivity index is 1.96. The summed E-state index contributed by atoms with van der Waals surface area (Å²) >= 11 is 13.7. The van der Waals surface area contributed by atoms with E-state index >= 15 is 0 Å². The normalized spacial score (nSPS) is 15.8. The molecule has 1 aliphatic rings. The number of carbonyl (C=O) groups excluding carboxylic acids is 2. The zero-order valence-electron chi connectivity index (χ0n) is 17.6. The zero-order chi connectivity index (χ0) is 24.0. The maximum absolute atomic E-state index is 12.5. The van der Waals surface area contributed by atoms with E-state index in [1.807, 2.05) is 18.2 Å². The van der Waals surface area contributed by atoms with Gasteiger partial charge in [-0.2, -0.15) is 0 Å². The highest BCUT2D eigenvalue weighted by Gasteiger charge is 2.33. The molecule has 0 radical (unpaired) electrons. The van der Waals surface area contributed by atoms with Crippen LogP contribution in [0.4, 0.5) is 5.69 Å². The predicted octanol–water partition coefficient (Wildman–Crippen LogP) is 5.74. The largest absolute Gasteiger partial charge is 0.506 e. The van der Waals surface area contributed by atoms with Crippen LogP contribution in [0, 0.1) is 0 Å². The van der Waals surface area contributed by atoms with Crippen molar-refractivity contribution in [2.45, 2.75) is 6.92 Å². The van der Waals surface area contributed by atoms with Gasteiger partial charge in [-0.05, 0) is 42.8 Å². The van der Waals surface area contributed by atoms with E-state index < -0.39 is 11.9 Å². The molecular weight excluding hydrogens is 489 g/mol. The van der Waals surface area contributed by atoms with Gasteiger partial charge >= 0.3 is 11.9 Å². The van der Waals surface area contributed by atoms with E-state index in [2.05, 4.69) is 9.73 Å². The summed E-state index contributed by atoms with van der Waals surface area (Å²) in [7, 11) is 1.24. The molecule has 1 heterocycles. The second kappa shape index (κ2) is 11.3. The van der Waals surface area contributed by atoms with Crippen molar-refractivity contribution >= 4 is 63.7 Å². The number of halogens is 2. The van der Waals surface area contributed by atoms with Crippen LogP contribution < -0.4 is 4.74 Å². The minimum Gasteiger partial charge on any atom is -0.506 e. The fraction of sp³-hybridized carbons (Fsp3) is 0.174. The van der Waals surface area contributed by atoms with E-state index in [9.17, 15) is 14.7 Å². The molecule has 0 aliphatic carbocycles.